The van der Waals surface area contributed by atoms with Gasteiger partial charge in [0.05, 0.1) is 18.3 Å². The number of hydrogen-bond acceptors (Lipinski definition) is 6. The molecule has 1 atom stereocenters. The fourth-order valence-corrected chi connectivity index (χ4v) is 2.64. The monoisotopic (exact) mass is 325 g/mol. The first-order valence-electron chi connectivity index (χ1n) is 7.82. The molecule has 24 heavy (non-hydrogen) atoms. The van der Waals surface area contributed by atoms with Crippen molar-refractivity contribution in [2.45, 2.75) is 32.2 Å². The van der Waals surface area contributed by atoms with Crippen molar-refractivity contribution in [2.75, 3.05) is 11.9 Å². The van der Waals surface area contributed by atoms with E-state index < -0.39 is 5.54 Å². The van der Waals surface area contributed by atoms with E-state index in [4.69, 9.17) is 0 Å². The van der Waals surface area contributed by atoms with Gasteiger partial charge in [-0.1, -0.05) is 6.07 Å². The molecule has 1 aliphatic rings. The Morgan fingerprint density at radius 3 is 2.92 bits per heavy atom. The molecule has 0 radical (unpaired) electrons. The summed E-state index contributed by atoms with van der Waals surface area (Å²) in [5.74, 6) is 0.0627. The highest BCUT2D eigenvalue weighted by atomic mass is 16.2. The van der Waals surface area contributed by atoms with Gasteiger partial charge in [-0.05, 0) is 60.7 Å². The fourth-order valence-electron chi connectivity index (χ4n) is 2.64. The van der Waals surface area contributed by atoms with Crippen LogP contribution in [0.5, 0.6) is 0 Å². The zero-order valence-corrected chi connectivity index (χ0v) is 13.7. The molecular weight excluding hydrogens is 306 g/mol. The summed E-state index contributed by atoms with van der Waals surface area (Å²) >= 11 is 0. The largest absolute Gasteiger partial charge is 0.376 e. The van der Waals surface area contributed by atoms with Crippen LogP contribution in [0.25, 0.3) is 5.69 Å². The number of anilines is 1. The number of tetrazole rings is 1. The van der Waals surface area contributed by atoms with E-state index in [1.54, 1.807) is 11.6 Å². The number of nitrogens with zero attached hydrogens (tertiary/aromatic N) is 5. The van der Waals surface area contributed by atoms with E-state index in [0.29, 0.717) is 0 Å². The van der Waals surface area contributed by atoms with Crippen LogP contribution in [0, 0.1) is 24.2 Å². The van der Waals surface area contributed by atoms with Gasteiger partial charge in [0.1, 0.15) is 11.9 Å². The molecule has 3 rings (SSSR count). The quantitative estimate of drug-likeness (QED) is 0.826. The predicted molar refractivity (Wildman–Crippen MR) is 87.3 cm³/mol. The number of carbonyl (C=O) groups excluding carboxylic acids is 1. The zero-order chi connectivity index (χ0) is 17.2. The normalized spacial score (nSPS) is 16.0. The summed E-state index contributed by atoms with van der Waals surface area (Å²) < 4.78 is 1.57. The van der Waals surface area contributed by atoms with Gasteiger partial charge < -0.3 is 10.6 Å². The lowest BCUT2D eigenvalue weighted by molar-refractivity contribution is -0.120. The number of aryl methyl sites for hydroxylation is 1. The Morgan fingerprint density at radius 1 is 1.50 bits per heavy atom. The van der Waals surface area contributed by atoms with Crippen molar-refractivity contribution in [3.05, 3.63) is 30.1 Å². The third-order valence-electron chi connectivity index (χ3n) is 4.28. The van der Waals surface area contributed by atoms with E-state index in [1.165, 1.54) is 6.33 Å². The van der Waals surface area contributed by atoms with Crippen molar-refractivity contribution in [1.82, 2.24) is 25.5 Å². The SMILES string of the molecule is Cc1ccc(NCC(=O)N[C@](C)(C#N)C2CC2)cc1-n1cnnn1. The second-order valence-electron chi connectivity index (χ2n) is 6.25. The molecule has 0 bridgehead atoms. The van der Waals surface area contributed by atoms with Crippen LogP contribution >= 0.6 is 0 Å². The van der Waals surface area contributed by atoms with Crippen LogP contribution in [-0.2, 0) is 4.79 Å². The van der Waals surface area contributed by atoms with Gasteiger partial charge in [0.15, 0.2) is 0 Å². The molecule has 0 unspecified atom stereocenters. The van der Waals surface area contributed by atoms with Crippen molar-refractivity contribution in [2.24, 2.45) is 5.92 Å². The van der Waals surface area contributed by atoms with Crippen LogP contribution in [0.3, 0.4) is 0 Å². The van der Waals surface area contributed by atoms with E-state index in [9.17, 15) is 10.1 Å². The van der Waals surface area contributed by atoms with Crippen molar-refractivity contribution >= 4 is 11.6 Å². The van der Waals surface area contributed by atoms with Crippen molar-refractivity contribution < 1.29 is 4.79 Å². The molecule has 1 amide bonds. The zero-order valence-electron chi connectivity index (χ0n) is 13.7. The fraction of sp³-hybridized carbons (Fsp3) is 0.438. The molecule has 1 heterocycles. The van der Waals surface area contributed by atoms with Gasteiger partial charge >= 0.3 is 0 Å². The van der Waals surface area contributed by atoms with Gasteiger partial charge in [-0.15, -0.1) is 5.10 Å². The number of amides is 1. The minimum Gasteiger partial charge on any atom is -0.376 e. The van der Waals surface area contributed by atoms with E-state index in [1.807, 2.05) is 25.1 Å². The van der Waals surface area contributed by atoms with E-state index in [0.717, 1.165) is 29.8 Å². The Labute approximate surface area is 139 Å². The molecule has 1 fully saturated rings. The molecule has 2 aromatic rings. The maximum atomic E-state index is 12.1. The van der Waals surface area contributed by atoms with Gasteiger partial charge in [0.2, 0.25) is 5.91 Å². The van der Waals surface area contributed by atoms with Crippen molar-refractivity contribution in [3.8, 4) is 11.8 Å². The summed E-state index contributed by atoms with van der Waals surface area (Å²) in [7, 11) is 0. The first-order valence-corrected chi connectivity index (χ1v) is 7.82. The smallest absolute Gasteiger partial charge is 0.240 e. The molecular formula is C16H19N7O. The maximum absolute atomic E-state index is 12.1. The summed E-state index contributed by atoms with van der Waals surface area (Å²) in [6, 6.07) is 7.92. The van der Waals surface area contributed by atoms with Gasteiger partial charge in [-0.2, -0.15) is 5.26 Å². The molecule has 1 aromatic heterocycles. The third-order valence-corrected chi connectivity index (χ3v) is 4.28. The van der Waals surface area contributed by atoms with E-state index >= 15 is 0 Å². The highest BCUT2D eigenvalue weighted by molar-refractivity contribution is 5.82. The lowest BCUT2D eigenvalue weighted by Gasteiger charge is -2.23. The Hall–Kier alpha value is -2.95. The average molecular weight is 325 g/mol. The topological polar surface area (TPSA) is 109 Å². The van der Waals surface area contributed by atoms with E-state index in [-0.39, 0.29) is 18.4 Å². The van der Waals surface area contributed by atoms with E-state index in [2.05, 4.69) is 32.2 Å². The van der Waals surface area contributed by atoms with Crippen LogP contribution in [0.2, 0.25) is 0 Å². The Bertz CT molecular complexity index is 776. The second kappa shape index (κ2) is 6.28. The molecule has 2 N–H and O–H groups in total. The third kappa shape index (κ3) is 3.35. The average Bonchev–Trinajstić information content (AvgIpc) is 3.30. The van der Waals surface area contributed by atoms with Gasteiger partial charge in [-0.3, -0.25) is 4.79 Å². The van der Waals surface area contributed by atoms with Gasteiger partial charge in [0, 0.05) is 5.69 Å². The maximum Gasteiger partial charge on any atom is 0.240 e. The summed E-state index contributed by atoms with van der Waals surface area (Å²) in [4.78, 5) is 12.1. The van der Waals surface area contributed by atoms with Gasteiger partial charge in [-0.25, -0.2) is 4.68 Å². The van der Waals surface area contributed by atoms with Crippen LogP contribution in [0.1, 0.15) is 25.3 Å². The van der Waals surface area contributed by atoms with Crippen LogP contribution in [0.4, 0.5) is 5.69 Å². The number of carbonyl (C=O) groups is 1. The Kier molecular flexibility index (Phi) is 4.16. The minimum atomic E-state index is -0.774. The highest BCUT2D eigenvalue weighted by Crippen LogP contribution is 2.39. The second-order valence-corrected chi connectivity index (χ2v) is 6.25. The van der Waals surface area contributed by atoms with Gasteiger partial charge in [0.25, 0.3) is 0 Å². The lowest BCUT2D eigenvalue weighted by atomic mass is 9.98. The molecule has 8 heteroatoms. The number of hydrogen-bond donors (Lipinski definition) is 2. The molecule has 0 saturated heterocycles. The molecule has 1 aromatic carbocycles. The number of nitriles is 1. The molecule has 0 spiro atoms. The molecule has 1 aliphatic carbocycles. The predicted octanol–water partition coefficient (Wildman–Crippen LogP) is 1.19. The Morgan fingerprint density at radius 2 is 2.29 bits per heavy atom. The van der Waals surface area contributed by atoms with Crippen LogP contribution in [0.15, 0.2) is 24.5 Å². The number of aromatic nitrogens is 4. The standard InChI is InChI=1S/C16H19N7O/c1-11-3-6-13(7-14(11)23-10-19-21-22-23)18-8-15(24)20-16(2,9-17)12-4-5-12/h3,6-7,10,12,18H,4-5,8H2,1-2H3,(H,20,24)/t16-/m1/s1. The summed E-state index contributed by atoms with van der Waals surface area (Å²) in [6.07, 6.45) is 3.50. The molecule has 124 valence electrons. The molecule has 8 nitrogen and oxygen atoms in total. The summed E-state index contributed by atoms with van der Waals surface area (Å²) in [5, 5.41) is 26.3. The summed E-state index contributed by atoms with van der Waals surface area (Å²) in [6.45, 7) is 3.84. The number of rotatable bonds is 6. The number of nitrogens with one attached hydrogen (secondary N) is 2. The van der Waals surface area contributed by atoms with Crippen LogP contribution in [-0.4, -0.2) is 38.2 Å². The highest BCUT2D eigenvalue weighted by Gasteiger charge is 2.42. The lowest BCUT2D eigenvalue weighted by Crippen LogP contribution is -2.48. The molecule has 1 saturated carbocycles. The van der Waals surface area contributed by atoms with Crippen LogP contribution < -0.4 is 10.6 Å². The van der Waals surface area contributed by atoms with Crippen molar-refractivity contribution in [1.29, 1.82) is 5.26 Å². The van der Waals surface area contributed by atoms with Crippen molar-refractivity contribution in [3.63, 3.8) is 0 Å². The Balaban J connectivity index is 1.64. The number of benzene rings is 1. The first-order chi connectivity index (χ1) is 11.5. The minimum absolute atomic E-state index is 0.0993. The summed E-state index contributed by atoms with van der Waals surface area (Å²) in [5.41, 5.74) is 1.86. The first kappa shape index (κ1) is 15.9. The molecule has 0 aliphatic heterocycles.